The summed E-state index contributed by atoms with van der Waals surface area (Å²) in [6.07, 6.45) is 8.45. The Kier molecular flexibility index (Phi) is 8.33. The van der Waals surface area contributed by atoms with Crippen molar-refractivity contribution in [1.29, 1.82) is 0 Å². The number of hydrogen-bond acceptors (Lipinski definition) is 2. The summed E-state index contributed by atoms with van der Waals surface area (Å²) in [6.45, 7) is 4.75. The molecule has 0 heterocycles. The van der Waals surface area contributed by atoms with Crippen LogP contribution in [-0.2, 0) is 0 Å². The van der Waals surface area contributed by atoms with Crippen molar-refractivity contribution in [2.24, 2.45) is 0 Å². The van der Waals surface area contributed by atoms with E-state index in [0.717, 1.165) is 0 Å². The largest absolute Gasteiger partial charge is 0.317 e. The summed E-state index contributed by atoms with van der Waals surface area (Å²) in [6, 6.07) is 1.40. The van der Waals surface area contributed by atoms with Gasteiger partial charge in [-0.3, -0.25) is 0 Å². The molecule has 98 valence electrons. The summed E-state index contributed by atoms with van der Waals surface area (Å²) >= 11 is 0. The normalized spacial score (nSPS) is 12.8. The van der Waals surface area contributed by atoms with Crippen LogP contribution < -0.4 is 0 Å². The standard InChI is InChI=1S/C13H32N2Si/c1-7-8-9-10-11-12-13-16(6,14(2)3)15(4)5/h7-13H2,1-6H3. The van der Waals surface area contributed by atoms with Gasteiger partial charge in [0, 0.05) is 0 Å². The van der Waals surface area contributed by atoms with Gasteiger partial charge in [-0.25, -0.2) is 0 Å². The Morgan fingerprint density at radius 2 is 1.19 bits per heavy atom. The summed E-state index contributed by atoms with van der Waals surface area (Å²) in [5.74, 6) is 0. The molecule has 0 N–H and O–H groups in total. The number of hydrogen-bond donors (Lipinski definition) is 0. The van der Waals surface area contributed by atoms with Crippen molar-refractivity contribution in [2.45, 2.75) is 58.0 Å². The van der Waals surface area contributed by atoms with E-state index in [2.05, 4.69) is 50.8 Å². The molecule has 0 unspecified atom stereocenters. The van der Waals surface area contributed by atoms with Gasteiger partial charge in [-0.2, -0.15) is 0 Å². The maximum atomic E-state index is 2.47. The molecule has 0 atom stereocenters. The Bertz CT molecular complexity index is 161. The third-order valence-electron chi connectivity index (χ3n) is 3.93. The SMILES string of the molecule is CCCCCCCC[Si](C)(N(C)C)N(C)C. The maximum Gasteiger partial charge on any atom is 0.202 e. The lowest BCUT2D eigenvalue weighted by Gasteiger charge is -2.39. The number of nitrogens with zero attached hydrogens (tertiary/aromatic N) is 2. The Morgan fingerprint density at radius 1 is 0.750 bits per heavy atom. The zero-order valence-corrected chi connectivity index (χ0v) is 13.3. The number of unbranched alkanes of at least 4 members (excludes halogenated alkanes) is 5. The van der Waals surface area contributed by atoms with Gasteiger partial charge >= 0.3 is 0 Å². The van der Waals surface area contributed by atoms with Gasteiger partial charge in [0.2, 0.25) is 8.40 Å². The van der Waals surface area contributed by atoms with E-state index < -0.39 is 8.40 Å². The molecule has 0 fully saturated rings. The van der Waals surface area contributed by atoms with Gasteiger partial charge in [-0.05, 0) is 40.8 Å². The summed E-state index contributed by atoms with van der Waals surface area (Å²) in [7, 11) is 7.65. The Morgan fingerprint density at radius 3 is 1.62 bits per heavy atom. The molecule has 0 bridgehead atoms. The van der Waals surface area contributed by atoms with E-state index in [9.17, 15) is 0 Å². The molecule has 0 aromatic carbocycles. The first-order chi connectivity index (χ1) is 7.45. The van der Waals surface area contributed by atoms with Crippen LogP contribution in [0.2, 0.25) is 12.6 Å². The van der Waals surface area contributed by atoms with E-state index >= 15 is 0 Å². The van der Waals surface area contributed by atoms with Crippen molar-refractivity contribution >= 4 is 8.40 Å². The molecule has 0 radical (unpaired) electrons. The topological polar surface area (TPSA) is 6.48 Å². The fourth-order valence-electron chi connectivity index (χ4n) is 2.09. The van der Waals surface area contributed by atoms with E-state index in [1.807, 2.05) is 0 Å². The van der Waals surface area contributed by atoms with Gasteiger partial charge < -0.3 is 9.13 Å². The van der Waals surface area contributed by atoms with Crippen molar-refractivity contribution in [1.82, 2.24) is 9.13 Å². The highest BCUT2D eigenvalue weighted by molar-refractivity contribution is 6.72. The van der Waals surface area contributed by atoms with Crippen LogP contribution in [0.25, 0.3) is 0 Å². The van der Waals surface area contributed by atoms with Crippen molar-refractivity contribution in [3.63, 3.8) is 0 Å². The van der Waals surface area contributed by atoms with Gasteiger partial charge in [-0.1, -0.05) is 45.4 Å². The summed E-state index contributed by atoms with van der Waals surface area (Å²) < 4.78 is 4.94. The first-order valence-corrected chi connectivity index (χ1v) is 9.40. The van der Waals surface area contributed by atoms with Crippen LogP contribution in [0.3, 0.4) is 0 Å². The maximum absolute atomic E-state index is 2.47. The zero-order valence-electron chi connectivity index (χ0n) is 12.3. The fraction of sp³-hybridized carbons (Fsp3) is 1.00. The fourth-order valence-corrected chi connectivity index (χ4v) is 4.70. The predicted molar refractivity (Wildman–Crippen MR) is 77.2 cm³/mol. The Labute approximate surface area is 104 Å². The lowest BCUT2D eigenvalue weighted by atomic mass is 10.1. The second kappa shape index (κ2) is 8.26. The monoisotopic (exact) mass is 244 g/mol. The Balaban J connectivity index is 3.78. The molecule has 0 spiro atoms. The van der Waals surface area contributed by atoms with Crippen LogP contribution in [0.1, 0.15) is 45.4 Å². The highest BCUT2D eigenvalue weighted by Gasteiger charge is 2.32. The van der Waals surface area contributed by atoms with E-state index in [4.69, 9.17) is 0 Å². The molecule has 0 aromatic heterocycles. The second-order valence-corrected chi connectivity index (χ2v) is 10.2. The summed E-state index contributed by atoms with van der Waals surface area (Å²) in [5, 5.41) is 0. The smallest absolute Gasteiger partial charge is 0.202 e. The molecule has 0 saturated carbocycles. The second-order valence-electron chi connectivity index (χ2n) is 5.52. The van der Waals surface area contributed by atoms with Crippen LogP contribution in [0, 0.1) is 0 Å². The van der Waals surface area contributed by atoms with Crippen molar-refractivity contribution in [2.75, 3.05) is 28.2 Å². The molecule has 0 saturated heterocycles. The molecule has 16 heavy (non-hydrogen) atoms. The first kappa shape index (κ1) is 16.1. The lowest BCUT2D eigenvalue weighted by molar-refractivity contribution is 0.476. The molecule has 0 rings (SSSR count). The van der Waals surface area contributed by atoms with Crippen LogP contribution >= 0.6 is 0 Å². The van der Waals surface area contributed by atoms with Crippen molar-refractivity contribution in [3.8, 4) is 0 Å². The van der Waals surface area contributed by atoms with Gasteiger partial charge in [0.05, 0.1) is 0 Å². The van der Waals surface area contributed by atoms with Gasteiger partial charge in [-0.15, -0.1) is 0 Å². The average Bonchev–Trinajstić information content (AvgIpc) is 2.22. The molecule has 0 aromatic rings. The van der Waals surface area contributed by atoms with E-state index in [-0.39, 0.29) is 0 Å². The summed E-state index contributed by atoms with van der Waals surface area (Å²) in [5.41, 5.74) is 0. The zero-order chi connectivity index (χ0) is 12.6. The number of rotatable bonds is 9. The minimum atomic E-state index is -1.31. The van der Waals surface area contributed by atoms with Crippen molar-refractivity contribution < 1.29 is 0 Å². The molecule has 2 nitrogen and oxygen atoms in total. The molecule has 3 heteroatoms. The van der Waals surface area contributed by atoms with E-state index in [1.54, 1.807) is 0 Å². The third-order valence-corrected chi connectivity index (χ3v) is 9.09. The lowest BCUT2D eigenvalue weighted by Crippen LogP contribution is -2.58. The minimum Gasteiger partial charge on any atom is -0.317 e. The first-order valence-electron chi connectivity index (χ1n) is 6.80. The average molecular weight is 244 g/mol. The highest BCUT2D eigenvalue weighted by Crippen LogP contribution is 2.19. The molecule has 0 aliphatic rings. The predicted octanol–water partition coefficient (Wildman–Crippen LogP) is 3.54. The molecule has 0 aliphatic heterocycles. The highest BCUT2D eigenvalue weighted by atomic mass is 28.3. The van der Waals surface area contributed by atoms with Crippen LogP contribution in [0.5, 0.6) is 0 Å². The van der Waals surface area contributed by atoms with Gasteiger partial charge in [0.15, 0.2) is 0 Å². The third kappa shape index (κ3) is 5.46. The molecular formula is C13H32N2Si. The van der Waals surface area contributed by atoms with Crippen LogP contribution in [-0.4, -0.2) is 45.7 Å². The quantitative estimate of drug-likeness (QED) is 0.452. The van der Waals surface area contributed by atoms with Crippen molar-refractivity contribution in [3.05, 3.63) is 0 Å². The van der Waals surface area contributed by atoms with E-state index in [0.29, 0.717) is 0 Å². The molecule has 0 aliphatic carbocycles. The molecular weight excluding hydrogens is 212 g/mol. The summed E-state index contributed by atoms with van der Waals surface area (Å²) in [4.78, 5) is 0. The molecule has 0 amide bonds. The van der Waals surface area contributed by atoms with Gasteiger partial charge in [0.25, 0.3) is 0 Å². The van der Waals surface area contributed by atoms with Crippen LogP contribution in [0.15, 0.2) is 0 Å². The Hall–Kier alpha value is 0.137. The minimum absolute atomic E-state index is 1.31. The van der Waals surface area contributed by atoms with E-state index in [1.165, 1.54) is 44.6 Å². The van der Waals surface area contributed by atoms with Gasteiger partial charge in [0.1, 0.15) is 0 Å². The van der Waals surface area contributed by atoms with Crippen LogP contribution in [0.4, 0.5) is 0 Å².